The lowest BCUT2D eigenvalue weighted by atomic mass is 10.1. The summed E-state index contributed by atoms with van der Waals surface area (Å²) in [7, 11) is 0. The van der Waals surface area contributed by atoms with Crippen LogP contribution >= 0.6 is 0 Å². The minimum absolute atomic E-state index is 0.419. The van der Waals surface area contributed by atoms with Crippen LogP contribution in [0.15, 0.2) is 28.4 Å². The van der Waals surface area contributed by atoms with Crippen LogP contribution in [-0.2, 0) is 9.59 Å². The third-order valence-corrected chi connectivity index (χ3v) is 2.20. The predicted molar refractivity (Wildman–Crippen MR) is 62.7 cm³/mol. The van der Waals surface area contributed by atoms with E-state index in [-0.39, 0.29) is 0 Å². The van der Waals surface area contributed by atoms with E-state index in [4.69, 9.17) is 0 Å². The first-order valence-corrected chi connectivity index (χ1v) is 5.57. The van der Waals surface area contributed by atoms with Crippen LogP contribution in [0, 0.1) is 5.82 Å². The SMILES string of the molecule is CC(=O)C(N=Nc1ccc(OC(F)(F)F)cc1F)C(C)=O. The van der Waals surface area contributed by atoms with Gasteiger partial charge in [0.15, 0.2) is 23.4 Å². The van der Waals surface area contributed by atoms with Crippen molar-refractivity contribution in [1.82, 2.24) is 0 Å². The summed E-state index contributed by atoms with van der Waals surface area (Å²) in [6.07, 6.45) is -4.94. The number of rotatable bonds is 5. The van der Waals surface area contributed by atoms with E-state index in [1.54, 1.807) is 0 Å². The molecule has 0 saturated heterocycles. The third kappa shape index (κ3) is 5.28. The van der Waals surface area contributed by atoms with Crippen LogP contribution in [-0.4, -0.2) is 24.0 Å². The van der Waals surface area contributed by atoms with Gasteiger partial charge < -0.3 is 4.74 Å². The lowest BCUT2D eigenvalue weighted by molar-refractivity contribution is -0.274. The molecule has 0 aliphatic carbocycles. The summed E-state index contributed by atoms with van der Waals surface area (Å²) in [6.45, 7) is 2.23. The number of benzene rings is 1. The van der Waals surface area contributed by atoms with Crippen molar-refractivity contribution in [3.05, 3.63) is 24.0 Å². The van der Waals surface area contributed by atoms with Crippen molar-refractivity contribution in [2.75, 3.05) is 0 Å². The summed E-state index contributed by atoms with van der Waals surface area (Å²) in [6, 6.07) is 0.826. The molecule has 0 heterocycles. The molecule has 0 atom stereocenters. The zero-order chi connectivity index (χ0) is 16.2. The zero-order valence-electron chi connectivity index (χ0n) is 10.9. The van der Waals surface area contributed by atoms with Gasteiger partial charge in [-0.05, 0) is 26.0 Å². The number of nitrogens with zero attached hydrogens (tertiary/aromatic N) is 2. The van der Waals surface area contributed by atoms with Crippen LogP contribution in [0.4, 0.5) is 23.2 Å². The summed E-state index contributed by atoms with van der Waals surface area (Å²) in [4.78, 5) is 22.2. The molecule has 1 rings (SSSR count). The van der Waals surface area contributed by atoms with E-state index in [0.29, 0.717) is 6.07 Å². The fourth-order valence-electron chi connectivity index (χ4n) is 1.33. The van der Waals surface area contributed by atoms with E-state index in [1.807, 2.05) is 0 Å². The first-order chi connectivity index (χ1) is 9.60. The number of halogens is 4. The first kappa shape index (κ1) is 16.7. The number of carbonyl (C=O) groups excluding carboxylic acids is 2. The smallest absolute Gasteiger partial charge is 0.406 e. The highest BCUT2D eigenvalue weighted by molar-refractivity contribution is 6.04. The fourth-order valence-corrected chi connectivity index (χ4v) is 1.33. The van der Waals surface area contributed by atoms with Crippen LogP contribution in [0.5, 0.6) is 5.75 Å². The van der Waals surface area contributed by atoms with Gasteiger partial charge in [0.25, 0.3) is 0 Å². The second kappa shape index (κ2) is 6.42. The molecule has 21 heavy (non-hydrogen) atoms. The molecule has 0 fully saturated rings. The van der Waals surface area contributed by atoms with Crippen LogP contribution in [0.1, 0.15) is 13.8 Å². The van der Waals surface area contributed by atoms with Crippen molar-refractivity contribution in [2.45, 2.75) is 26.3 Å². The highest BCUT2D eigenvalue weighted by atomic mass is 19.4. The van der Waals surface area contributed by atoms with Gasteiger partial charge >= 0.3 is 6.36 Å². The number of hydrogen-bond donors (Lipinski definition) is 0. The molecule has 0 bridgehead atoms. The summed E-state index contributed by atoms with van der Waals surface area (Å²) in [5.41, 5.74) is -0.419. The van der Waals surface area contributed by atoms with Crippen molar-refractivity contribution >= 4 is 17.3 Å². The summed E-state index contributed by atoms with van der Waals surface area (Å²) < 4.78 is 52.9. The molecule has 114 valence electrons. The van der Waals surface area contributed by atoms with Crippen LogP contribution in [0.3, 0.4) is 0 Å². The topological polar surface area (TPSA) is 68.1 Å². The van der Waals surface area contributed by atoms with Gasteiger partial charge in [-0.25, -0.2) is 4.39 Å². The second-order valence-corrected chi connectivity index (χ2v) is 4.00. The first-order valence-electron chi connectivity index (χ1n) is 5.57. The number of alkyl halides is 3. The molecule has 1 aromatic rings. The molecule has 0 N–H and O–H groups in total. The van der Waals surface area contributed by atoms with E-state index in [2.05, 4.69) is 15.0 Å². The molecule has 0 unspecified atom stereocenters. The van der Waals surface area contributed by atoms with Gasteiger partial charge in [0.05, 0.1) is 0 Å². The van der Waals surface area contributed by atoms with Gasteiger partial charge in [-0.3, -0.25) is 9.59 Å². The van der Waals surface area contributed by atoms with E-state index >= 15 is 0 Å². The Kier molecular flexibility index (Phi) is 5.12. The number of Topliss-reactive ketones (excluding diaryl/α,β-unsaturated/α-hetero) is 2. The summed E-state index contributed by atoms with van der Waals surface area (Å²) in [5.74, 6) is -3.05. The average Bonchev–Trinajstić information content (AvgIpc) is 2.28. The van der Waals surface area contributed by atoms with Crippen LogP contribution < -0.4 is 4.74 Å². The molecule has 1 aromatic carbocycles. The Balaban J connectivity index is 2.95. The van der Waals surface area contributed by atoms with Crippen molar-refractivity contribution in [1.29, 1.82) is 0 Å². The molecule has 0 spiro atoms. The normalized spacial score (nSPS) is 12.0. The molecule has 0 aliphatic heterocycles. The predicted octanol–water partition coefficient (Wildman–Crippen LogP) is 3.35. The monoisotopic (exact) mass is 306 g/mol. The molecule has 5 nitrogen and oxygen atoms in total. The molecule has 0 saturated carbocycles. The minimum Gasteiger partial charge on any atom is -0.406 e. The van der Waals surface area contributed by atoms with Crippen molar-refractivity contribution in [3.8, 4) is 5.75 Å². The second-order valence-electron chi connectivity index (χ2n) is 4.00. The Bertz CT molecular complexity index is 570. The molecular formula is C12H10F4N2O3. The lowest BCUT2D eigenvalue weighted by Crippen LogP contribution is -2.23. The maximum absolute atomic E-state index is 13.5. The number of ketones is 2. The fraction of sp³-hybridized carbons (Fsp3) is 0.333. The molecule has 0 radical (unpaired) electrons. The molecule has 0 amide bonds. The Morgan fingerprint density at radius 1 is 1.19 bits per heavy atom. The highest BCUT2D eigenvalue weighted by Gasteiger charge is 2.31. The minimum atomic E-state index is -4.94. The molecule has 0 aliphatic rings. The van der Waals surface area contributed by atoms with Crippen LogP contribution in [0.2, 0.25) is 0 Å². The van der Waals surface area contributed by atoms with E-state index in [0.717, 1.165) is 26.0 Å². The standard InChI is InChI=1S/C12H10F4N2O3/c1-6(19)11(7(2)20)18-17-10-4-3-8(5-9(10)13)21-12(14,15)16/h3-5,11H,1-2H3. The summed E-state index contributed by atoms with van der Waals surface area (Å²) >= 11 is 0. The van der Waals surface area contributed by atoms with Crippen LogP contribution in [0.25, 0.3) is 0 Å². The maximum Gasteiger partial charge on any atom is 0.573 e. The van der Waals surface area contributed by atoms with Gasteiger partial charge in [-0.1, -0.05) is 0 Å². The molecule has 9 heteroatoms. The largest absolute Gasteiger partial charge is 0.573 e. The quantitative estimate of drug-likeness (QED) is 0.476. The lowest BCUT2D eigenvalue weighted by Gasteiger charge is -2.09. The Morgan fingerprint density at radius 2 is 1.76 bits per heavy atom. The Hall–Kier alpha value is -2.32. The van der Waals surface area contributed by atoms with Gasteiger partial charge in [-0.2, -0.15) is 10.2 Å². The summed E-state index contributed by atoms with van der Waals surface area (Å²) in [5, 5.41) is 6.74. The van der Waals surface area contributed by atoms with E-state index < -0.39 is 41.2 Å². The average molecular weight is 306 g/mol. The zero-order valence-corrected chi connectivity index (χ0v) is 10.9. The van der Waals surface area contributed by atoms with Crippen molar-refractivity contribution in [2.24, 2.45) is 10.2 Å². The van der Waals surface area contributed by atoms with Gasteiger partial charge in [0.1, 0.15) is 11.4 Å². The Morgan fingerprint density at radius 3 is 2.19 bits per heavy atom. The van der Waals surface area contributed by atoms with Crippen molar-refractivity contribution < 1.29 is 31.9 Å². The molecule has 0 aromatic heterocycles. The van der Waals surface area contributed by atoms with Gasteiger partial charge in [0, 0.05) is 6.07 Å². The van der Waals surface area contributed by atoms with Gasteiger partial charge in [0.2, 0.25) is 0 Å². The van der Waals surface area contributed by atoms with E-state index in [9.17, 15) is 27.2 Å². The van der Waals surface area contributed by atoms with Crippen molar-refractivity contribution in [3.63, 3.8) is 0 Å². The number of ether oxygens (including phenoxy) is 1. The number of carbonyl (C=O) groups is 2. The van der Waals surface area contributed by atoms with E-state index in [1.165, 1.54) is 0 Å². The maximum atomic E-state index is 13.5. The number of hydrogen-bond acceptors (Lipinski definition) is 5. The van der Waals surface area contributed by atoms with Gasteiger partial charge in [-0.15, -0.1) is 13.2 Å². The third-order valence-electron chi connectivity index (χ3n) is 2.20. The Labute approximate surface area is 116 Å². The molecular weight excluding hydrogens is 296 g/mol. The highest BCUT2D eigenvalue weighted by Crippen LogP contribution is 2.27. The number of azo groups is 1.